The lowest BCUT2D eigenvalue weighted by molar-refractivity contribution is -0.128. The predicted octanol–water partition coefficient (Wildman–Crippen LogP) is 4.89. The van der Waals surface area contributed by atoms with Gasteiger partial charge in [0.05, 0.1) is 0 Å². The summed E-state index contributed by atoms with van der Waals surface area (Å²) in [7, 11) is 0. The molecule has 3 aliphatic rings. The molecule has 0 aliphatic carbocycles. The molecule has 3 aliphatic heterocycles. The number of rotatable bonds is 3. The van der Waals surface area contributed by atoms with Gasteiger partial charge in [0.1, 0.15) is 35.6 Å². The van der Waals surface area contributed by atoms with Crippen LogP contribution in [0.2, 0.25) is 0 Å². The molecule has 1 unspecified atom stereocenters. The number of nitrogens with zero attached hydrogens (tertiary/aromatic N) is 3. The topological polar surface area (TPSA) is 155 Å². The number of oxazole rings is 2. The SMILES string of the molecule is CC(C)=CC(=O)N[C@H]1Cc2ccc3c(c2)C2(c4ccccc4N[C@@H]2O3)c2oc(nc2-c2nc(C#N)co2)[C@H](C(C)(C)C)NC1=O. The van der Waals surface area contributed by atoms with Crippen molar-refractivity contribution in [1.29, 1.82) is 5.26 Å². The number of hydrogen-bond donors (Lipinski definition) is 3. The van der Waals surface area contributed by atoms with E-state index in [1.165, 1.54) is 12.3 Å². The Morgan fingerprint density at radius 3 is 2.67 bits per heavy atom. The van der Waals surface area contributed by atoms with Gasteiger partial charge in [-0.3, -0.25) is 9.59 Å². The summed E-state index contributed by atoms with van der Waals surface area (Å²) in [6, 6.07) is 14.1. The average molecular weight is 605 g/mol. The summed E-state index contributed by atoms with van der Waals surface area (Å²) < 4.78 is 19.2. The number of aromatic nitrogens is 2. The Labute approximate surface area is 259 Å². The fourth-order valence-electron chi connectivity index (χ4n) is 6.47. The predicted molar refractivity (Wildman–Crippen MR) is 163 cm³/mol. The van der Waals surface area contributed by atoms with Crippen LogP contribution in [-0.4, -0.2) is 34.1 Å². The van der Waals surface area contributed by atoms with E-state index < -0.39 is 29.1 Å². The van der Waals surface area contributed by atoms with Gasteiger partial charge < -0.3 is 29.5 Å². The van der Waals surface area contributed by atoms with E-state index in [9.17, 15) is 14.9 Å². The number of hydrogen-bond acceptors (Lipinski definition) is 9. The van der Waals surface area contributed by atoms with Gasteiger partial charge in [0.2, 0.25) is 23.6 Å². The maximum Gasteiger partial charge on any atom is 0.250 e. The number of benzene rings is 2. The third-order valence-electron chi connectivity index (χ3n) is 8.46. The van der Waals surface area contributed by atoms with Crippen LogP contribution in [0.5, 0.6) is 5.75 Å². The Hall–Kier alpha value is -5.37. The van der Waals surface area contributed by atoms with E-state index in [-0.39, 0.29) is 35.7 Å². The third kappa shape index (κ3) is 4.47. The van der Waals surface area contributed by atoms with E-state index in [2.05, 4.69) is 20.9 Å². The van der Waals surface area contributed by atoms with Crippen molar-refractivity contribution in [2.45, 2.75) is 64.8 Å². The first kappa shape index (κ1) is 28.4. The summed E-state index contributed by atoms with van der Waals surface area (Å²) in [5.41, 5.74) is 3.00. The van der Waals surface area contributed by atoms with Crippen LogP contribution >= 0.6 is 0 Å². The van der Waals surface area contributed by atoms with Crippen molar-refractivity contribution in [2.24, 2.45) is 5.41 Å². The van der Waals surface area contributed by atoms with Crippen LogP contribution in [0, 0.1) is 16.7 Å². The Morgan fingerprint density at radius 2 is 1.93 bits per heavy atom. The Kier molecular flexibility index (Phi) is 6.37. The number of nitrogens with one attached hydrogen (secondary N) is 3. The summed E-state index contributed by atoms with van der Waals surface area (Å²) in [6.07, 6.45) is 2.38. The standard InChI is InChI=1S/C34H32N6O5/c1-17(2)12-25(41)37-23-14-18-10-11-24-21(13-18)34(20-8-6-7-9-22(20)38-32(34)44-24)28-26(30-36-19(15-35)16-43-30)39-31(45-28)27(33(3,4)5)40-29(23)42/h6-13,16,23,27,32,38H,14H2,1-5H3,(H,37,41)(H,40,42)/t23-,27+,32+,34?/m0/s1. The largest absolute Gasteiger partial charge is 0.469 e. The molecule has 5 heterocycles. The smallest absolute Gasteiger partial charge is 0.250 e. The Balaban J connectivity index is 1.52. The molecule has 7 rings (SSSR count). The number of allylic oxidation sites excluding steroid dienone is 1. The second-order valence-electron chi connectivity index (χ2n) is 13.0. The molecule has 0 fully saturated rings. The number of fused-ring (bicyclic) bond motifs is 4. The highest BCUT2D eigenvalue weighted by Gasteiger charge is 2.61. The Bertz CT molecular complexity index is 1940. The van der Waals surface area contributed by atoms with E-state index >= 15 is 0 Å². The molecule has 0 saturated carbocycles. The van der Waals surface area contributed by atoms with Crippen molar-refractivity contribution in [3.8, 4) is 23.4 Å². The molecule has 0 radical (unpaired) electrons. The first-order chi connectivity index (χ1) is 21.5. The molecule has 1 spiro atoms. The molecule has 0 saturated heterocycles. The molecule has 2 amide bonds. The molecular weight excluding hydrogens is 572 g/mol. The number of para-hydroxylation sites is 1. The summed E-state index contributed by atoms with van der Waals surface area (Å²) in [6.45, 7) is 9.55. The average Bonchev–Trinajstić information content (AvgIpc) is 3.74. The number of carbonyl (C=O) groups is 2. The third-order valence-corrected chi connectivity index (χ3v) is 8.46. The molecular formula is C34H32N6O5. The summed E-state index contributed by atoms with van der Waals surface area (Å²) in [5.74, 6) is 0.655. The number of anilines is 1. The van der Waals surface area contributed by atoms with Gasteiger partial charge in [-0.05, 0) is 42.5 Å². The molecule has 11 nitrogen and oxygen atoms in total. The second kappa shape index (κ2) is 10.1. The minimum absolute atomic E-state index is 0.0957. The van der Waals surface area contributed by atoms with Gasteiger partial charge in [-0.15, -0.1) is 0 Å². The number of ether oxygens (including phenoxy) is 1. The summed E-state index contributed by atoms with van der Waals surface area (Å²) in [4.78, 5) is 36.2. The molecule has 4 bridgehead atoms. The zero-order valence-corrected chi connectivity index (χ0v) is 25.5. The highest BCUT2D eigenvalue weighted by atomic mass is 16.5. The zero-order chi connectivity index (χ0) is 31.7. The van der Waals surface area contributed by atoms with Crippen molar-refractivity contribution in [3.05, 3.63) is 94.4 Å². The quantitative estimate of drug-likeness (QED) is 0.277. The minimum atomic E-state index is -1.03. The van der Waals surface area contributed by atoms with Crippen molar-refractivity contribution < 1.29 is 23.2 Å². The van der Waals surface area contributed by atoms with E-state index in [0.717, 1.165) is 28.0 Å². The minimum Gasteiger partial charge on any atom is -0.469 e. The number of nitriles is 1. The highest BCUT2D eigenvalue weighted by Crippen LogP contribution is 2.59. The first-order valence-electron chi connectivity index (χ1n) is 14.8. The van der Waals surface area contributed by atoms with Crippen LogP contribution in [0.3, 0.4) is 0 Å². The van der Waals surface area contributed by atoms with Gasteiger partial charge in [-0.2, -0.15) is 10.2 Å². The molecule has 3 N–H and O–H groups in total. The van der Waals surface area contributed by atoms with Crippen LogP contribution in [0.4, 0.5) is 5.69 Å². The van der Waals surface area contributed by atoms with E-state index in [4.69, 9.17) is 18.6 Å². The summed E-state index contributed by atoms with van der Waals surface area (Å²) in [5, 5.41) is 19.1. The molecule has 45 heavy (non-hydrogen) atoms. The second-order valence-corrected chi connectivity index (χ2v) is 13.0. The van der Waals surface area contributed by atoms with Gasteiger partial charge in [0, 0.05) is 23.7 Å². The lowest BCUT2D eigenvalue weighted by Gasteiger charge is -2.32. The fourth-order valence-corrected chi connectivity index (χ4v) is 6.47. The van der Waals surface area contributed by atoms with Crippen LogP contribution in [0.25, 0.3) is 11.6 Å². The highest BCUT2D eigenvalue weighted by molar-refractivity contribution is 5.93. The van der Waals surface area contributed by atoms with Crippen LogP contribution in [-0.2, 0) is 21.4 Å². The number of carbonyl (C=O) groups excluding carboxylic acids is 2. The number of amides is 2. The van der Waals surface area contributed by atoms with Gasteiger partial charge in [0.25, 0.3) is 0 Å². The molecule has 4 atom stereocenters. The Morgan fingerprint density at radius 1 is 1.13 bits per heavy atom. The monoisotopic (exact) mass is 604 g/mol. The normalized spacial score (nSPS) is 22.8. The molecule has 11 heteroatoms. The summed E-state index contributed by atoms with van der Waals surface area (Å²) >= 11 is 0. The van der Waals surface area contributed by atoms with E-state index in [0.29, 0.717) is 17.2 Å². The van der Waals surface area contributed by atoms with Crippen LogP contribution < -0.4 is 20.7 Å². The maximum atomic E-state index is 14.0. The van der Waals surface area contributed by atoms with Gasteiger partial charge >= 0.3 is 0 Å². The zero-order valence-electron chi connectivity index (χ0n) is 25.5. The van der Waals surface area contributed by atoms with Crippen LogP contribution in [0.1, 0.15) is 74.7 Å². The van der Waals surface area contributed by atoms with Crippen LogP contribution in [0.15, 0.2) is 69.2 Å². The van der Waals surface area contributed by atoms with Gasteiger partial charge in [0.15, 0.2) is 23.4 Å². The van der Waals surface area contributed by atoms with E-state index in [1.807, 2.05) is 83.2 Å². The van der Waals surface area contributed by atoms with Gasteiger partial charge in [-0.25, -0.2) is 4.98 Å². The van der Waals surface area contributed by atoms with Crippen molar-refractivity contribution in [1.82, 2.24) is 20.6 Å². The maximum absolute atomic E-state index is 14.0. The molecule has 2 aromatic carbocycles. The molecule has 4 aromatic rings. The fraction of sp³-hybridized carbons (Fsp3) is 0.324. The van der Waals surface area contributed by atoms with Crippen molar-refractivity contribution >= 4 is 17.5 Å². The lowest BCUT2D eigenvalue weighted by atomic mass is 9.72. The molecule has 2 aromatic heterocycles. The van der Waals surface area contributed by atoms with Crippen molar-refractivity contribution in [2.75, 3.05) is 5.32 Å². The molecule has 228 valence electrons. The van der Waals surface area contributed by atoms with E-state index in [1.54, 1.807) is 0 Å². The lowest BCUT2D eigenvalue weighted by Crippen LogP contribution is -2.50. The van der Waals surface area contributed by atoms with Crippen molar-refractivity contribution in [3.63, 3.8) is 0 Å². The van der Waals surface area contributed by atoms with Gasteiger partial charge in [-0.1, -0.05) is 56.7 Å². The first-order valence-corrected chi connectivity index (χ1v) is 14.8.